The van der Waals surface area contributed by atoms with Gasteiger partial charge in [-0.3, -0.25) is 9.13 Å². The Kier molecular flexibility index (Phi) is 5.16. The minimum Gasteiger partial charge on any atom is -0.399 e. The van der Waals surface area contributed by atoms with Crippen molar-refractivity contribution in [2.75, 3.05) is 5.73 Å². The molecule has 1 rings (SSSR count). The summed E-state index contributed by atoms with van der Waals surface area (Å²) in [5.41, 5.74) is 6.82. The Labute approximate surface area is 115 Å². The van der Waals surface area contributed by atoms with E-state index in [2.05, 4.69) is 0 Å². The lowest BCUT2D eigenvalue weighted by molar-refractivity contribution is 0.121. The summed E-state index contributed by atoms with van der Waals surface area (Å²) in [5, 5.41) is 6.32. The van der Waals surface area contributed by atoms with Crippen molar-refractivity contribution in [1.82, 2.24) is 0 Å². The fourth-order valence-electron chi connectivity index (χ4n) is 1.67. The molecule has 0 fully saturated rings. The molecule has 0 aliphatic carbocycles. The fraction of sp³-hybridized carbons (Fsp3) is 0.400. The highest BCUT2D eigenvalue weighted by Crippen LogP contribution is 2.69. The molecule has 1 aromatic rings. The molecule has 8 nitrogen and oxygen atoms in total. The van der Waals surface area contributed by atoms with Crippen LogP contribution in [0, 0.1) is 0 Å². The van der Waals surface area contributed by atoms with E-state index >= 15 is 0 Å². The van der Waals surface area contributed by atoms with Crippen LogP contribution in [0.2, 0.25) is 0 Å². The van der Waals surface area contributed by atoms with E-state index in [1.807, 2.05) is 0 Å². The van der Waals surface area contributed by atoms with Crippen molar-refractivity contribution in [1.29, 1.82) is 0 Å². The van der Waals surface area contributed by atoms with E-state index in [0.29, 0.717) is 12.1 Å². The summed E-state index contributed by atoms with van der Waals surface area (Å²) in [7, 11) is -10.7. The third-order valence-corrected chi connectivity index (χ3v) is 6.77. The van der Waals surface area contributed by atoms with Crippen molar-refractivity contribution < 1.29 is 33.8 Å². The van der Waals surface area contributed by atoms with Gasteiger partial charge in [-0.05, 0) is 30.5 Å². The van der Waals surface area contributed by atoms with Gasteiger partial charge in [0.2, 0.25) is 0 Å². The molecule has 0 bridgehead atoms. The summed E-state index contributed by atoms with van der Waals surface area (Å²) >= 11 is 0. The molecule has 0 saturated carbocycles. The standard InChI is InChI=1S/C10H17NO7P2/c11-9-5-3-8(4-6-9)2-1-7-10(12,19(13,14)15)20(16,17)18/h3-6,12H,1-2,7,11H2,(H2,13,14,15)(H2,16,17,18). The number of rotatable bonds is 6. The summed E-state index contributed by atoms with van der Waals surface area (Å²) in [6, 6.07) is 6.63. The molecule has 0 atom stereocenters. The smallest absolute Gasteiger partial charge is 0.369 e. The Morgan fingerprint density at radius 2 is 1.45 bits per heavy atom. The van der Waals surface area contributed by atoms with Crippen LogP contribution in [0.1, 0.15) is 18.4 Å². The van der Waals surface area contributed by atoms with Gasteiger partial charge in [0.1, 0.15) is 0 Å². The second-order valence-electron chi connectivity index (χ2n) is 4.46. The van der Waals surface area contributed by atoms with Crippen molar-refractivity contribution in [2.45, 2.75) is 24.3 Å². The molecular weight excluding hydrogens is 308 g/mol. The van der Waals surface area contributed by atoms with Gasteiger partial charge >= 0.3 is 15.2 Å². The zero-order chi connectivity index (χ0) is 15.6. The van der Waals surface area contributed by atoms with Crippen molar-refractivity contribution in [3.63, 3.8) is 0 Å². The zero-order valence-electron chi connectivity index (χ0n) is 10.5. The molecule has 0 radical (unpaired) electrons. The molecule has 7 N–H and O–H groups in total. The highest BCUT2D eigenvalue weighted by molar-refractivity contribution is 7.72. The molecule has 0 heterocycles. The van der Waals surface area contributed by atoms with Gasteiger partial charge in [0.15, 0.2) is 0 Å². The van der Waals surface area contributed by atoms with Gasteiger partial charge in [-0.25, -0.2) is 0 Å². The highest BCUT2D eigenvalue weighted by Gasteiger charge is 2.58. The van der Waals surface area contributed by atoms with Gasteiger partial charge in [-0.1, -0.05) is 12.1 Å². The summed E-state index contributed by atoms with van der Waals surface area (Å²) in [5.74, 6) is 0. The molecular formula is C10H17NO7P2. The van der Waals surface area contributed by atoms with Crippen LogP contribution in [0.3, 0.4) is 0 Å². The van der Waals surface area contributed by atoms with Crippen molar-refractivity contribution in [3.05, 3.63) is 29.8 Å². The average molecular weight is 325 g/mol. The number of nitrogens with two attached hydrogens (primary N) is 1. The highest BCUT2D eigenvalue weighted by atomic mass is 31.2. The number of aryl methyl sites for hydroxylation is 1. The predicted octanol–water partition coefficient (Wildman–Crippen LogP) is 0.593. The number of aliphatic hydroxyl groups is 1. The minimum atomic E-state index is -5.37. The summed E-state index contributed by atoms with van der Waals surface area (Å²) in [6.45, 7) is 0. The van der Waals surface area contributed by atoms with Crippen LogP contribution in [0.25, 0.3) is 0 Å². The lowest BCUT2D eigenvalue weighted by Crippen LogP contribution is -2.28. The maximum absolute atomic E-state index is 11.1. The topological polar surface area (TPSA) is 161 Å². The Balaban J connectivity index is 2.77. The zero-order valence-corrected chi connectivity index (χ0v) is 12.2. The van der Waals surface area contributed by atoms with E-state index < -0.39 is 26.7 Å². The summed E-state index contributed by atoms with van der Waals surface area (Å²) < 4.78 is 22.2. The first-order valence-corrected chi connectivity index (χ1v) is 8.88. The van der Waals surface area contributed by atoms with Crippen LogP contribution in [0.5, 0.6) is 0 Å². The van der Waals surface area contributed by atoms with Crippen LogP contribution in [-0.2, 0) is 15.6 Å². The number of nitrogen functional groups attached to an aromatic ring is 1. The SMILES string of the molecule is Nc1ccc(CCCC(O)(P(=O)(O)O)P(=O)(O)O)cc1. The van der Waals surface area contributed by atoms with Gasteiger partial charge in [-0.15, -0.1) is 0 Å². The molecule has 10 heteroatoms. The Morgan fingerprint density at radius 3 is 1.85 bits per heavy atom. The van der Waals surface area contributed by atoms with Crippen LogP contribution >= 0.6 is 15.2 Å². The van der Waals surface area contributed by atoms with Crippen molar-refractivity contribution in [2.24, 2.45) is 0 Å². The quantitative estimate of drug-likeness (QED) is 0.327. The predicted molar refractivity (Wildman–Crippen MR) is 72.8 cm³/mol. The van der Waals surface area contributed by atoms with Crippen LogP contribution in [0.15, 0.2) is 24.3 Å². The molecule has 0 spiro atoms. The summed E-state index contributed by atoms with van der Waals surface area (Å²) in [6.07, 6.45) is -0.425. The van der Waals surface area contributed by atoms with Crippen molar-refractivity contribution in [3.8, 4) is 0 Å². The molecule has 0 amide bonds. The van der Waals surface area contributed by atoms with E-state index in [4.69, 9.17) is 25.3 Å². The first-order valence-electron chi connectivity index (χ1n) is 5.65. The second kappa shape index (κ2) is 5.95. The van der Waals surface area contributed by atoms with Gasteiger partial charge in [-0.2, -0.15) is 0 Å². The average Bonchev–Trinajstić information content (AvgIpc) is 2.28. The lowest BCUT2D eigenvalue weighted by atomic mass is 10.1. The largest absolute Gasteiger partial charge is 0.399 e. The lowest BCUT2D eigenvalue weighted by Gasteiger charge is -2.29. The van der Waals surface area contributed by atoms with E-state index in [-0.39, 0.29) is 6.42 Å². The van der Waals surface area contributed by atoms with Crippen LogP contribution in [-0.4, -0.2) is 29.8 Å². The molecule has 114 valence electrons. The first kappa shape index (κ1) is 17.3. The molecule has 1 aromatic carbocycles. The first-order chi connectivity index (χ1) is 8.97. The number of hydrogen-bond donors (Lipinski definition) is 6. The monoisotopic (exact) mass is 325 g/mol. The van der Waals surface area contributed by atoms with Gasteiger partial charge < -0.3 is 30.4 Å². The van der Waals surface area contributed by atoms with Gasteiger partial charge in [0.05, 0.1) is 0 Å². The number of hydrogen-bond acceptors (Lipinski definition) is 4. The van der Waals surface area contributed by atoms with E-state index in [1.165, 1.54) is 0 Å². The molecule has 0 aliphatic rings. The maximum atomic E-state index is 11.1. The third kappa shape index (κ3) is 3.90. The molecule has 0 aliphatic heterocycles. The molecule has 0 aromatic heterocycles. The third-order valence-electron chi connectivity index (χ3n) is 2.89. The molecule has 0 saturated heterocycles. The van der Waals surface area contributed by atoms with Gasteiger partial charge in [0.25, 0.3) is 5.08 Å². The van der Waals surface area contributed by atoms with Gasteiger partial charge in [0, 0.05) is 12.1 Å². The Bertz CT molecular complexity index is 525. The number of benzene rings is 1. The minimum absolute atomic E-state index is 0.00334. The maximum Gasteiger partial charge on any atom is 0.369 e. The molecule has 20 heavy (non-hydrogen) atoms. The number of anilines is 1. The Hall–Kier alpha value is -0.720. The van der Waals surface area contributed by atoms with E-state index in [1.54, 1.807) is 24.3 Å². The normalized spacial score (nSPS) is 13.4. The van der Waals surface area contributed by atoms with Crippen LogP contribution in [0.4, 0.5) is 5.69 Å². The summed E-state index contributed by atoms with van der Waals surface area (Å²) in [4.78, 5) is 35.8. The fourth-order valence-corrected chi connectivity index (χ4v) is 3.93. The second-order valence-corrected chi connectivity index (χ2v) is 8.47. The molecule has 0 unspecified atom stereocenters. The van der Waals surface area contributed by atoms with E-state index in [0.717, 1.165) is 5.56 Å². The van der Waals surface area contributed by atoms with Crippen molar-refractivity contribution >= 4 is 20.9 Å². The Morgan fingerprint density at radius 1 is 1.00 bits per heavy atom. The van der Waals surface area contributed by atoms with E-state index in [9.17, 15) is 14.2 Å². The van der Waals surface area contributed by atoms with Crippen LogP contribution < -0.4 is 5.73 Å².